The molecule has 1 heterocycles. The summed E-state index contributed by atoms with van der Waals surface area (Å²) in [5.41, 5.74) is -0.713. The molecule has 3 rings (SSSR count). The summed E-state index contributed by atoms with van der Waals surface area (Å²) < 4.78 is 65.4. The lowest BCUT2D eigenvalue weighted by molar-refractivity contribution is -0.161. The Hall–Kier alpha value is -4.21. The first-order chi connectivity index (χ1) is 27.3. The summed E-state index contributed by atoms with van der Waals surface area (Å²) in [4.78, 5) is 77.8. The normalized spacial score (nSPS) is 20.1. The van der Waals surface area contributed by atoms with Crippen molar-refractivity contribution < 1.29 is 60.6 Å². The molecule has 6 atom stereocenters. The van der Waals surface area contributed by atoms with Crippen LogP contribution in [0.15, 0.2) is 30.3 Å². The van der Waals surface area contributed by atoms with Gasteiger partial charge in [-0.1, -0.05) is 64.8 Å². The van der Waals surface area contributed by atoms with Crippen LogP contribution >= 0.6 is 7.60 Å². The van der Waals surface area contributed by atoms with Crippen LogP contribution in [-0.2, 0) is 57.5 Å². The first-order valence-corrected chi connectivity index (χ1v) is 21.4. The van der Waals surface area contributed by atoms with Gasteiger partial charge >= 0.3 is 25.2 Å². The third-order valence-corrected chi connectivity index (χ3v) is 11.7. The van der Waals surface area contributed by atoms with Gasteiger partial charge in [-0.25, -0.2) is 0 Å². The molecule has 18 heteroatoms. The highest BCUT2D eigenvalue weighted by molar-refractivity contribution is 7.54. The van der Waals surface area contributed by atoms with Crippen molar-refractivity contribution in [1.82, 2.24) is 15.5 Å². The molecule has 1 saturated heterocycles. The number of ether oxygens (including phenoxy) is 2. The maximum Gasteiger partial charge on any atom is 0.410 e. The Morgan fingerprint density at radius 1 is 0.966 bits per heavy atom. The van der Waals surface area contributed by atoms with Crippen LogP contribution in [0.5, 0.6) is 0 Å². The molecule has 59 heavy (non-hydrogen) atoms. The number of benzene rings is 1. The van der Waals surface area contributed by atoms with Crippen LogP contribution in [0.25, 0.3) is 5.57 Å². The van der Waals surface area contributed by atoms with Gasteiger partial charge in [0.25, 0.3) is 0 Å². The van der Waals surface area contributed by atoms with Gasteiger partial charge in [0, 0.05) is 30.6 Å². The number of hydrogen-bond donors (Lipinski definition) is 3. The van der Waals surface area contributed by atoms with Crippen molar-refractivity contribution >= 4 is 48.7 Å². The molecule has 1 aromatic rings. The monoisotopic (exact) mass is 854 g/mol. The van der Waals surface area contributed by atoms with E-state index in [0.29, 0.717) is 36.9 Å². The summed E-state index contributed by atoms with van der Waals surface area (Å²) in [5.74, 6) is -3.20. The van der Waals surface area contributed by atoms with Crippen LogP contribution in [0.4, 0.5) is 8.78 Å². The molecule has 0 bridgehead atoms. The van der Waals surface area contributed by atoms with E-state index in [1.807, 2.05) is 6.92 Å². The molecule has 15 nitrogen and oxygen atoms in total. The van der Waals surface area contributed by atoms with E-state index in [9.17, 15) is 33.3 Å². The fourth-order valence-electron chi connectivity index (χ4n) is 6.45. The van der Waals surface area contributed by atoms with E-state index < -0.39 is 79.1 Å². The molecule has 330 valence electrons. The average molecular weight is 855 g/mol. The van der Waals surface area contributed by atoms with Crippen LogP contribution in [0.3, 0.4) is 0 Å². The molecule has 0 radical (unpaired) electrons. The lowest BCUT2D eigenvalue weighted by atomic mass is 9.93. The van der Waals surface area contributed by atoms with E-state index in [2.05, 4.69) is 10.6 Å². The topological polar surface area (TPSA) is 210 Å². The molecule has 4 N–H and O–H groups in total. The fourth-order valence-corrected chi connectivity index (χ4v) is 7.70. The largest absolute Gasteiger partial charge is 0.438 e. The van der Waals surface area contributed by atoms with E-state index >= 15 is 8.78 Å². The Morgan fingerprint density at radius 3 is 2.14 bits per heavy atom. The highest BCUT2D eigenvalue weighted by Crippen LogP contribution is 2.67. The second-order valence-corrected chi connectivity index (χ2v) is 19.7. The molecule has 1 aliphatic carbocycles. The molecule has 0 aromatic heterocycles. The summed E-state index contributed by atoms with van der Waals surface area (Å²) >= 11 is 0. The zero-order chi connectivity index (χ0) is 44.5. The van der Waals surface area contributed by atoms with Gasteiger partial charge in [-0.3, -0.25) is 42.4 Å². The van der Waals surface area contributed by atoms with Crippen LogP contribution in [-0.4, -0.2) is 78.7 Å². The number of alkyl halides is 2. The second-order valence-electron chi connectivity index (χ2n) is 17.6. The molecule has 1 aromatic carbocycles. The predicted octanol–water partition coefficient (Wildman–Crippen LogP) is 6.14. The Morgan fingerprint density at radius 2 is 1.58 bits per heavy atom. The number of carbonyl (C=O) groups is 6. The molecule has 2 fully saturated rings. The molecular weight excluding hydrogens is 793 g/mol. The van der Waals surface area contributed by atoms with Crippen molar-refractivity contribution in [3.63, 3.8) is 0 Å². The van der Waals surface area contributed by atoms with E-state index in [4.69, 9.17) is 24.3 Å². The number of amides is 4. The fraction of sp³-hybridized carbons (Fsp3) is 0.659. The summed E-state index contributed by atoms with van der Waals surface area (Å²) in [7, 11) is -5.54. The number of nitrogens with zero attached hydrogens (tertiary/aromatic N) is 1. The lowest BCUT2D eigenvalue weighted by Gasteiger charge is -2.31. The highest BCUT2D eigenvalue weighted by atomic mass is 31.2. The zero-order valence-electron chi connectivity index (χ0n) is 35.6. The predicted molar refractivity (Wildman–Crippen MR) is 214 cm³/mol. The highest BCUT2D eigenvalue weighted by Gasteiger charge is 2.58. The van der Waals surface area contributed by atoms with Gasteiger partial charge in [-0.2, -0.15) is 8.78 Å². The van der Waals surface area contributed by atoms with E-state index in [0.717, 1.165) is 25.0 Å². The quantitative estimate of drug-likeness (QED) is 0.0554. The Kier molecular flexibility index (Phi) is 17.0. The summed E-state index contributed by atoms with van der Waals surface area (Å²) in [6, 6.07) is 2.48. The number of primary amides is 1. The zero-order valence-corrected chi connectivity index (χ0v) is 36.5. The van der Waals surface area contributed by atoms with E-state index in [-0.39, 0.29) is 42.5 Å². The number of halogens is 2. The molecular formula is C41H61F2N4O11P. The van der Waals surface area contributed by atoms with Crippen molar-refractivity contribution in [3.8, 4) is 0 Å². The summed E-state index contributed by atoms with van der Waals surface area (Å²) in [5, 5.41) is 5.67. The van der Waals surface area contributed by atoms with Crippen molar-refractivity contribution in [3.05, 3.63) is 41.5 Å². The van der Waals surface area contributed by atoms with Crippen LogP contribution in [0.1, 0.15) is 118 Å². The van der Waals surface area contributed by atoms with Gasteiger partial charge in [-0.05, 0) is 82.3 Å². The van der Waals surface area contributed by atoms with Crippen molar-refractivity contribution in [2.45, 2.75) is 131 Å². The lowest BCUT2D eigenvalue weighted by Crippen LogP contribution is -2.55. The van der Waals surface area contributed by atoms with Crippen LogP contribution in [0.2, 0.25) is 0 Å². The summed E-state index contributed by atoms with van der Waals surface area (Å²) in [6.07, 6.45) is 4.10. The Bertz CT molecular complexity index is 1770. The number of unbranched alkanes of at least 4 members (excludes halogenated alkanes) is 1. The first-order valence-electron chi connectivity index (χ1n) is 19.9. The number of allylic oxidation sites excluding steroid dienone is 1. The smallest absolute Gasteiger partial charge is 0.410 e. The Balaban J connectivity index is 1.76. The number of piperidine rings is 1. The van der Waals surface area contributed by atoms with Gasteiger partial charge in [0.15, 0.2) is 0 Å². The molecule has 1 saturated carbocycles. The second kappa shape index (κ2) is 20.4. The SMILES string of the molecule is CCCCC(NC(=O)/C=C(\C)c1ccc(C(F)(F)P(=O)(OCOC(=O)CC(C)(C)C)OCOC(=O)C(C)(C)C)cc1)C(=O)N1CC2C[C@@H]2[C@@H]1C(=O)N[C@H](C)CCC(N)=O. The number of likely N-dealkylation sites (tertiary alicyclic amines) is 1. The van der Waals surface area contributed by atoms with E-state index in [1.54, 1.807) is 34.6 Å². The minimum absolute atomic E-state index is 0.0105. The molecule has 2 aliphatic rings. The van der Waals surface area contributed by atoms with Crippen LogP contribution in [0, 0.1) is 22.7 Å². The van der Waals surface area contributed by atoms with Gasteiger partial charge in [-0.15, -0.1) is 0 Å². The molecule has 3 unspecified atom stereocenters. The molecule has 4 amide bonds. The van der Waals surface area contributed by atoms with Crippen LogP contribution < -0.4 is 16.4 Å². The average Bonchev–Trinajstić information content (AvgIpc) is 3.78. The van der Waals surface area contributed by atoms with Gasteiger partial charge in [0.1, 0.15) is 12.1 Å². The number of esters is 2. The third kappa shape index (κ3) is 14.2. The number of rotatable bonds is 21. The first kappa shape index (κ1) is 49.2. The standard InChI is InChI=1S/C41H61F2N4O11P/c1-10-11-12-31(37(52)47-22-28-20-30(28)35(47)36(51)45-26(3)13-18-32(44)48)46-33(49)19-25(2)27-14-16-29(17-15-27)41(42,43)59(54,58-24-56-38(53)40(7,8)9)57-23-55-34(50)21-39(4,5)6/h14-17,19,26,28,30-31,35H,10-13,18,20-24H2,1-9H3,(H2,44,48)(H,45,51)(H,46,49)/b25-19+/t26-,28?,30+,31?,35-,59?/m1/s1. The maximum absolute atomic E-state index is 16.0. The number of nitrogens with one attached hydrogen (secondary N) is 2. The van der Waals surface area contributed by atoms with Crippen molar-refractivity contribution in [2.75, 3.05) is 20.1 Å². The number of fused-ring (bicyclic) bond motifs is 1. The number of carbonyl (C=O) groups excluding carboxylic acids is 6. The molecule has 0 spiro atoms. The summed E-state index contributed by atoms with van der Waals surface area (Å²) in [6.45, 7) is 13.2. The Labute approximate surface area is 345 Å². The number of hydrogen-bond acceptors (Lipinski definition) is 11. The van der Waals surface area contributed by atoms with Crippen molar-refractivity contribution in [2.24, 2.45) is 28.4 Å². The van der Waals surface area contributed by atoms with Gasteiger partial charge in [0.05, 0.1) is 11.8 Å². The van der Waals surface area contributed by atoms with E-state index in [1.165, 1.54) is 43.9 Å². The van der Waals surface area contributed by atoms with Gasteiger partial charge in [0.2, 0.25) is 37.2 Å². The van der Waals surface area contributed by atoms with Gasteiger partial charge < -0.3 is 30.7 Å². The maximum atomic E-state index is 16.0. The van der Waals surface area contributed by atoms with Crippen molar-refractivity contribution in [1.29, 1.82) is 0 Å². The molecule has 1 aliphatic heterocycles. The minimum atomic E-state index is -5.54. The third-order valence-electron chi connectivity index (χ3n) is 9.90. The minimum Gasteiger partial charge on any atom is -0.438 e. The number of nitrogens with two attached hydrogens (primary N) is 1.